The summed E-state index contributed by atoms with van der Waals surface area (Å²) in [6.07, 6.45) is 0.441. The van der Waals surface area contributed by atoms with Crippen LogP contribution in [-0.4, -0.2) is 64.8 Å². The van der Waals surface area contributed by atoms with Gasteiger partial charge >= 0.3 is 12.1 Å². The van der Waals surface area contributed by atoms with E-state index in [1.165, 1.54) is 0 Å². The van der Waals surface area contributed by atoms with E-state index in [-0.39, 0.29) is 12.0 Å². The van der Waals surface area contributed by atoms with Gasteiger partial charge < -0.3 is 14.7 Å². The van der Waals surface area contributed by atoms with E-state index >= 15 is 0 Å². The number of nitrogens with zero attached hydrogens (tertiary/aromatic N) is 2. The molecule has 0 radical (unpaired) electrons. The maximum Gasteiger partial charge on any atom is 0.410 e. The van der Waals surface area contributed by atoms with Crippen molar-refractivity contribution >= 4 is 12.1 Å². The molecule has 122 valence electrons. The molecular weight excluding hydrogens is 272 g/mol. The van der Waals surface area contributed by atoms with Crippen molar-refractivity contribution in [2.45, 2.75) is 52.7 Å². The first-order valence-corrected chi connectivity index (χ1v) is 7.56. The lowest BCUT2D eigenvalue weighted by Gasteiger charge is -2.30. The average Bonchev–Trinajstić information content (AvgIpc) is 2.51. The molecule has 6 nitrogen and oxygen atoms in total. The number of hydrogen-bond donors (Lipinski definition) is 1. The van der Waals surface area contributed by atoms with Gasteiger partial charge in [-0.2, -0.15) is 0 Å². The summed E-state index contributed by atoms with van der Waals surface area (Å²) in [6, 6.07) is -0.497. The van der Waals surface area contributed by atoms with E-state index in [2.05, 4.69) is 0 Å². The van der Waals surface area contributed by atoms with Gasteiger partial charge in [-0.1, -0.05) is 13.8 Å². The smallest absolute Gasteiger partial charge is 0.410 e. The number of carboxylic acids is 1. The molecule has 0 aromatic heterocycles. The highest BCUT2D eigenvalue weighted by molar-refractivity contribution is 5.73. The number of ether oxygens (including phenoxy) is 1. The molecule has 1 rings (SSSR count). The van der Waals surface area contributed by atoms with Crippen molar-refractivity contribution in [3.8, 4) is 0 Å². The van der Waals surface area contributed by atoms with Gasteiger partial charge in [0.2, 0.25) is 0 Å². The molecule has 0 bridgehead atoms. The van der Waals surface area contributed by atoms with Crippen molar-refractivity contribution in [3.05, 3.63) is 0 Å². The van der Waals surface area contributed by atoms with Crippen LogP contribution < -0.4 is 0 Å². The van der Waals surface area contributed by atoms with Crippen LogP contribution in [0.4, 0.5) is 4.79 Å². The summed E-state index contributed by atoms with van der Waals surface area (Å²) in [5.74, 6) is -0.758. The van der Waals surface area contributed by atoms with Crippen molar-refractivity contribution < 1.29 is 19.4 Å². The maximum atomic E-state index is 12.1. The Balaban J connectivity index is 2.65. The summed E-state index contributed by atoms with van der Waals surface area (Å²) in [7, 11) is 0. The fourth-order valence-corrected chi connectivity index (χ4v) is 2.59. The molecule has 1 atom stereocenters. The summed E-state index contributed by atoms with van der Waals surface area (Å²) in [4.78, 5) is 27.1. The van der Waals surface area contributed by atoms with Gasteiger partial charge in [-0.15, -0.1) is 0 Å². The summed E-state index contributed by atoms with van der Waals surface area (Å²) < 4.78 is 5.38. The Morgan fingerprint density at radius 2 is 1.71 bits per heavy atom. The van der Waals surface area contributed by atoms with Crippen molar-refractivity contribution in [1.29, 1.82) is 0 Å². The van der Waals surface area contributed by atoms with Crippen molar-refractivity contribution in [1.82, 2.24) is 9.80 Å². The van der Waals surface area contributed by atoms with Gasteiger partial charge in [-0.05, 0) is 33.1 Å². The highest BCUT2D eigenvalue weighted by atomic mass is 16.6. The third-order valence-electron chi connectivity index (χ3n) is 3.46. The molecule has 1 N–H and O–H groups in total. The molecule has 0 aromatic rings. The second kappa shape index (κ2) is 7.11. The molecule has 0 spiro atoms. The van der Waals surface area contributed by atoms with E-state index in [0.717, 1.165) is 6.42 Å². The Morgan fingerprint density at radius 1 is 1.10 bits per heavy atom. The second-order valence-corrected chi connectivity index (χ2v) is 6.88. The normalized spacial score (nSPS) is 19.2. The van der Waals surface area contributed by atoms with E-state index in [1.807, 2.05) is 39.5 Å². The molecule has 1 amide bonds. The highest BCUT2D eigenvalue weighted by Gasteiger charge is 2.31. The van der Waals surface area contributed by atoms with Crippen LogP contribution in [-0.2, 0) is 9.53 Å². The second-order valence-electron chi connectivity index (χ2n) is 6.88. The van der Waals surface area contributed by atoms with E-state index in [4.69, 9.17) is 4.74 Å². The standard InChI is InChI=1S/C15H28N2O4/c1-11(2)12(13(18)19)16-7-6-8-17(10-9-16)14(20)21-15(3,4)5/h11-12H,6-10H2,1-5H3,(H,18,19). The van der Waals surface area contributed by atoms with E-state index in [1.54, 1.807) is 4.90 Å². The highest BCUT2D eigenvalue weighted by Crippen LogP contribution is 2.16. The van der Waals surface area contributed by atoms with Gasteiger partial charge in [0, 0.05) is 26.2 Å². The van der Waals surface area contributed by atoms with Crippen LogP contribution in [0.2, 0.25) is 0 Å². The number of aliphatic carboxylic acids is 1. The third kappa shape index (κ3) is 5.53. The summed E-state index contributed by atoms with van der Waals surface area (Å²) in [5, 5.41) is 9.37. The number of carbonyl (C=O) groups excluding carboxylic acids is 1. The van der Waals surface area contributed by atoms with Crippen LogP contribution in [0.5, 0.6) is 0 Å². The number of carbonyl (C=O) groups is 2. The Hall–Kier alpha value is -1.30. The fraction of sp³-hybridized carbons (Fsp3) is 0.867. The summed E-state index contributed by atoms with van der Waals surface area (Å²) in [6.45, 7) is 11.7. The number of hydrogen-bond acceptors (Lipinski definition) is 4. The Labute approximate surface area is 127 Å². The molecule has 6 heteroatoms. The molecule has 0 aromatic carbocycles. The lowest BCUT2D eigenvalue weighted by Crippen LogP contribution is -2.47. The minimum absolute atomic E-state index is 0.0376. The van der Waals surface area contributed by atoms with Gasteiger partial charge in [-0.3, -0.25) is 9.69 Å². The van der Waals surface area contributed by atoms with Crippen LogP contribution in [0.3, 0.4) is 0 Å². The zero-order chi connectivity index (χ0) is 16.2. The molecule has 1 unspecified atom stereocenters. The fourth-order valence-electron chi connectivity index (χ4n) is 2.59. The lowest BCUT2D eigenvalue weighted by atomic mass is 10.0. The van der Waals surface area contributed by atoms with Crippen molar-refractivity contribution in [2.24, 2.45) is 5.92 Å². The molecule has 1 saturated heterocycles. The third-order valence-corrected chi connectivity index (χ3v) is 3.46. The first-order valence-electron chi connectivity index (χ1n) is 7.56. The van der Waals surface area contributed by atoms with Gasteiger partial charge in [-0.25, -0.2) is 4.79 Å². The first-order chi connectivity index (χ1) is 9.61. The number of rotatable bonds is 3. The van der Waals surface area contributed by atoms with Crippen LogP contribution in [0.1, 0.15) is 41.0 Å². The van der Waals surface area contributed by atoms with Crippen molar-refractivity contribution in [3.63, 3.8) is 0 Å². The van der Waals surface area contributed by atoms with Crippen LogP contribution in [0.15, 0.2) is 0 Å². The largest absolute Gasteiger partial charge is 0.480 e. The van der Waals surface area contributed by atoms with Gasteiger partial charge in [0.05, 0.1) is 0 Å². The predicted molar refractivity (Wildman–Crippen MR) is 80.3 cm³/mol. The zero-order valence-electron chi connectivity index (χ0n) is 13.8. The minimum Gasteiger partial charge on any atom is -0.480 e. The minimum atomic E-state index is -0.796. The van der Waals surface area contributed by atoms with Gasteiger partial charge in [0.25, 0.3) is 0 Å². The average molecular weight is 300 g/mol. The molecule has 1 heterocycles. The molecule has 1 aliphatic rings. The molecule has 1 aliphatic heterocycles. The monoisotopic (exact) mass is 300 g/mol. The van der Waals surface area contributed by atoms with E-state index < -0.39 is 17.6 Å². The number of amides is 1. The summed E-state index contributed by atoms with van der Waals surface area (Å²) >= 11 is 0. The topological polar surface area (TPSA) is 70.1 Å². The van der Waals surface area contributed by atoms with Crippen LogP contribution in [0, 0.1) is 5.92 Å². The first kappa shape index (κ1) is 17.8. The molecular formula is C15H28N2O4. The van der Waals surface area contributed by atoms with Crippen LogP contribution in [0.25, 0.3) is 0 Å². The Kier molecular flexibility index (Phi) is 6.01. The Bertz CT molecular complexity index is 376. The Morgan fingerprint density at radius 3 is 2.19 bits per heavy atom. The quantitative estimate of drug-likeness (QED) is 0.863. The number of carboxylic acid groups (broad SMARTS) is 1. The SMILES string of the molecule is CC(C)C(C(=O)O)N1CCCN(C(=O)OC(C)(C)C)CC1. The molecule has 1 fully saturated rings. The zero-order valence-corrected chi connectivity index (χ0v) is 13.8. The van der Waals surface area contributed by atoms with Gasteiger partial charge in [0.1, 0.15) is 11.6 Å². The van der Waals surface area contributed by atoms with E-state index in [9.17, 15) is 14.7 Å². The maximum absolute atomic E-state index is 12.1. The molecule has 0 saturated carbocycles. The van der Waals surface area contributed by atoms with E-state index in [0.29, 0.717) is 26.2 Å². The predicted octanol–water partition coefficient (Wildman–Crippen LogP) is 2.04. The van der Waals surface area contributed by atoms with Crippen molar-refractivity contribution in [2.75, 3.05) is 26.2 Å². The summed E-state index contributed by atoms with van der Waals surface area (Å²) in [5.41, 5.74) is -0.509. The lowest BCUT2D eigenvalue weighted by molar-refractivity contribution is -0.145. The molecule has 21 heavy (non-hydrogen) atoms. The molecule has 0 aliphatic carbocycles. The van der Waals surface area contributed by atoms with Crippen LogP contribution >= 0.6 is 0 Å². The van der Waals surface area contributed by atoms with Gasteiger partial charge in [0.15, 0.2) is 0 Å².